The molecule has 0 bridgehead atoms. The van der Waals surface area contributed by atoms with Gasteiger partial charge in [0.1, 0.15) is 5.75 Å². The first-order chi connectivity index (χ1) is 10.6. The van der Waals surface area contributed by atoms with E-state index in [0.29, 0.717) is 5.75 Å². The highest BCUT2D eigenvalue weighted by atomic mass is 127. The highest BCUT2D eigenvalue weighted by Crippen LogP contribution is 2.19. The largest absolute Gasteiger partial charge is 0.484 e. The van der Waals surface area contributed by atoms with Gasteiger partial charge in [0.25, 0.3) is 5.91 Å². The van der Waals surface area contributed by atoms with Crippen molar-refractivity contribution in [3.05, 3.63) is 33.5 Å². The Balaban J connectivity index is 1.91. The van der Waals surface area contributed by atoms with Gasteiger partial charge in [-0.15, -0.1) is 5.10 Å². The van der Waals surface area contributed by atoms with E-state index in [2.05, 4.69) is 37.5 Å². The molecule has 0 spiro atoms. The van der Waals surface area contributed by atoms with Gasteiger partial charge in [-0.1, -0.05) is 4.49 Å². The van der Waals surface area contributed by atoms with Crippen LogP contribution >= 0.6 is 34.1 Å². The first-order valence-corrected chi connectivity index (χ1v) is 8.13. The quantitative estimate of drug-likeness (QED) is 0.556. The molecule has 1 aromatic carbocycles. The summed E-state index contributed by atoms with van der Waals surface area (Å²) in [4.78, 5) is 23.5. The monoisotopic (exact) mass is 433 g/mol. The number of esters is 1. The lowest BCUT2D eigenvalue weighted by Crippen LogP contribution is -2.21. The molecular formula is C13H12IN3O4S. The molecule has 1 aromatic heterocycles. The smallest absolute Gasteiger partial charge is 0.362 e. The minimum absolute atomic E-state index is 0.00513. The van der Waals surface area contributed by atoms with Crippen LogP contribution in [0.4, 0.5) is 5.00 Å². The van der Waals surface area contributed by atoms with E-state index in [9.17, 15) is 9.59 Å². The van der Waals surface area contributed by atoms with E-state index in [1.807, 2.05) is 12.1 Å². The van der Waals surface area contributed by atoms with Gasteiger partial charge in [-0.05, 0) is 53.8 Å². The fraction of sp³-hybridized carbons (Fsp3) is 0.231. The molecule has 1 amide bonds. The average molecular weight is 433 g/mol. The number of carbonyl (C=O) groups is 2. The van der Waals surface area contributed by atoms with E-state index in [-0.39, 0.29) is 23.9 Å². The Bertz CT molecular complexity index is 660. The molecule has 2 aromatic rings. The number of carbonyl (C=O) groups excluding carboxylic acids is 2. The third-order valence-corrected chi connectivity index (χ3v) is 3.75. The number of hydrogen-bond donors (Lipinski definition) is 1. The number of amides is 1. The zero-order valence-corrected chi connectivity index (χ0v) is 14.5. The van der Waals surface area contributed by atoms with Gasteiger partial charge in [0.05, 0.1) is 6.61 Å². The Morgan fingerprint density at radius 3 is 2.73 bits per heavy atom. The Kier molecular flexibility index (Phi) is 6.07. The zero-order chi connectivity index (χ0) is 15.9. The van der Waals surface area contributed by atoms with Gasteiger partial charge in [-0.25, -0.2) is 4.79 Å². The van der Waals surface area contributed by atoms with Gasteiger partial charge >= 0.3 is 5.97 Å². The lowest BCUT2D eigenvalue weighted by Gasteiger charge is -2.06. The second kappa shape index (κ2) is 8.03. The number of halogens is 1. The maximum atomic E-state index is 11.8. The van der Waals surface area contributed by atoms with Crippen LogP contribution in [0.1, 0.15) is 17.4 Å². The molecule has 0 aliphatic rings. The third kappa shape index (κ3) is 4.63. The van der Waals surface area contributed by atoms with Gasteiger partial charge in [-0.3, -0.25) is 4.79 Å². The van der Waals surface area contributed by atoms with Crippen LogP contribution in [0.2, 0.25) is 0 Å². The molecule has 7 nitrogen and oxygen atoms in total. The van der Waals surface area contributed by atoms with E-state index in [4.69, 9.17) is 9.47 Å². The summed E-state index contributed by atoms with van der Waals surface area (Å²) in [5.41, 5.74) is -0.00513. The number of aromatic nitrogens is 2. The molecule has 0 unspecified atom stereocenters. The van der Waals surface area contributed by atoms with Crippen LogP contribution in [0.3, 0.4) is 0 Å². The average Bonchev–Trinajstić information content (AvgIpc) is 2.95. The molecule has 0 atom stereocenters. The molecule has 0 radical (unpaired) electrons. The first kappa shape index (κ1) is 16.6. The maximum absolute atomic E-state index is 11.8. The molecule has 0 fully saturated rings. The van der Waals surface area contributed by atoms with Crippen molar-refractivity contribution in [2.45, 2.75) is 6.92 Å². The number of hydrogen-bond acceptors (Lipinski definition) is 7. The summed E-state index contributed by atoms with van der Waals surface area (Å²) in [6, 6.07) is 7.29. The van der Waals surface area contributed by atoms with Crippen LogP contribution in [0, 0.1) is 3.57 Å². The van der Waals surface area contributed by atoms with E-state index in [1.54, 1.807) is 19.1 Å². The van der Waals surface area contributed by atoms with E-state index >= 15 is 0 Å². The zero-order valence-electron chi connectivity index (χ0n) is 11.5. The van der Waals surface area contributed by atoms with Gasteiger partial charge < -0.3 is 14.8 Å². The van der Waals surface area contributed by atoms with Crippen LogP contribution in [0.5, 0.6) is 5.75 Å². The van der Waals surface area contributed by atoms with Gasteiger partial charge in [-0.2, -0.15) is 0 Å². The fourth-order valence-electron chi connectivity index (χ4n) is 1.45. The minimum atomic E-state index is -0.620. The number of anilines is 1. The first-order valence-electron chi connectivity index (χ1n) is 6.28. The molecule has 0 aliphatic carbocycles. The number of benzene rings is 1. The molecule has 116 valence electrons. The summed E-state index contributed by atoms with van der Waals surface area (Å²) < 4.78 is 14.9. The number of nitrogens with one attached hydrogen (secondary N) is 1. The normalized spacial score (nSPS) is 10.1. The summed E-state index contributed by atoms with van der Waals surface area (Å²) >= 11 is 3.08. The van der Waals surface area contributed by atoms with Crippen LogP contribution in [0.15, 0.2) is 24.3 Å². The van der Waals surface area contributed by atoms with E-state index in [0.717, 1.165) is 15.1 Å². The number of rotatable bonds is 6. The Labute approximate surface area is 144 Å². The van der Waals surface area contributed by atoms with Crippen molar-refractivity contribution in [3.63, 3.8) is 0 Å². The minimum Gasteiger partial charge on any atom is -0.484 e. The standard InChI is InChI=1S/C13H12IN3O4S/c1-2-20-13(19)11-12(22-17-16-11)15-10(18)7-21-9-5-3-8(14)4-6-9/h3-6H,2,7H2,1H3,(H,15,18). The SMILES string of the molecule is CCOC(=O)c1nnsc1NC(=O)COc1ccc(I)cc1. The molecule has 1 heterocycles. The van der Waals surface area contributed by atoms with Crippen molar-refractivity contribution in [2.75, 3.05) is 18.5 Å². The summed E-state index contributed by atoms with van der Waals surface area (Å²) in [6.07, 6.45) is 0. The van der Waals surface area contributed by atoms with Crippen LogP contribution < -0.4 is 10.1 Å². The van der Waals surface area contributed by atoms with E-state index in [1.165, 1.54) is 0 Å². The second-order valence-electron chi connectivity index (χ2n) is 3.96. The van der Waals surface area contributed by atoms with Crippen LogP contribution in [-0.2, 0) is 9.53 Å². The van der Waals surface area contributed by atoms with Gasteiger partial charge in [0.2, 0.25) is 5.69 Å². The third-order valence-electron chi connectivity index (χ3n) is 2.39. The molecule has 0 saturated heterocycles. The molecule has 1 N–H and O–H groups in total. The lowest BCUT2D eigenvalue weighted by atomic mass is 10.3. The van der Waals surface area contributed by atoms with Crippen LogP contribution in [0.25, 0.3) is 0 Å². The predicted molar refractivity (Wildman–Crippen MR) is 89.1 cm³/mol. The lowest BCUT2D eigenvalue weighted by molar-refractivity contribution is -0.118. The highest BCUT2D eigenvalue weighted by Gasteiger charge is 2.19. The summed E-state index contributed by atoms with van der Waals surface area (Å²) in [6.45, 7) is 1.73. The fourth-order valence-corrected chi connectivity index (χ4v) is 2.38. The van der Waals surface area contributed by atoms with Crippen molar-refractivity contribution in [1.82, 2.24) is 9.59 Å². The van der Waals surface area contributed by atoms with Crippen molar-refractivity contribution in [2.24, 2.45) is 0 Å². The topological polar surface area (TPSA) is 90.4 Å². The van der Waals surface area contributed by atoms with Crippen LogP contribution in [-0.4, -0.2) is 34.7 Å². The second-order valence-corrected chi connectivity index (χ2v) is 5.96. The maximum Gasteiger partial charge on any atom is 0.362 e. The van der Waals surface area contributed by atoms with Crippen molar-refractivity contribution in [1.29, 1.82) is 0 Å². The summed E-state index contributed by atoms with van der Waals surface area (Å²) in [5, 5.41) is 6.44. The Morgan fingerprint density at radius 1 is 1.32 bits per heavy atom. The molecule has 0 saturated carbocycles. The summed E-state index contributed by atoms with van der Waals surface area (Å²) in [7, 11) is 0. The van der Waals surface area contributed by atoms with E-state index < -0.39 is 11.9 Å². The van der Waals surface area contributed by atoms with Crippen molar-refractivity contribution in [3.8, 4) is 5.75 Å². The molecule has 9 heteroatoms. The Morgan fingerprint density at radius 2 is 2.05 bits per heavy atom. The number of ether oxygens (including phenoxy) is 2. The van der Waals surface area contributed by atoms with Crippen molar-refractivity contribution >= 4 is 51.0 Å². The molecule has 22 heavy (non-hydrogen) atoms. The Hall–Kier alpha value is -1.75. The summed E-state index contributed by atoms with van der Waals surface area (Å²) in [5.74, 6) is -0.441. The number of nitrogens with zero attached hydrogens (tertiary/aromatic N) is 2. The van der Waals surface area contributed by atoms with Gasteiger partial charge in [0.15, 0.2) is 11.6 Å². The molecule has 0 aliphatic heterocycles. The van der Waals surface area contributed by atoms with Crippen molar-refractivity contribution < 1.29 is 19.1 Å². The molecule has 2 rings (SSSR count). The highest BCUT2D eigenvalue weighted by molar-refractivity contribution is 14.1. The predicted octanol–water partition coefficient (Wildman–Crippen LogP) is 2.34. The molecular weight excluding hydrogens is 421 g/mol. The van der Waals surface area contributed by atoms with Gasteiger partial charge in [0, 0.05) is 15.1 Å².